The van der Waals surface area contributed by atoms with Gasteiger partial charge in [-0.1, -0.05) is 12.1 Å². The lowest BCUT2D eigenvalue weighted by molar-refractivity contribution is 1.13. The van der Waals surface area contributed by atoms with E-state index in [1.54, 1.807) is 0 Å². The Morgan fingerprint density at radius 2 is 1.70 bits per heavy atom. The van der Waals surface area contributed by atoms with E-state index in [1.807, 2.05) is 38.4 Å². The van der Waals surface area contributed by atoms with Gasteiger partial charge in [0.05, 0.1) is 0 Å². The highest BCUT2D eigenvalue weighted by atomic mass is 27.0. The second kappa shape index (κ2) is 4.38. The Morgan fingerprint density at radius 3 is 2.00 bits per heavy atom. The van der Waals surface area contributed by atoms with Crippen LogP contribution in [0.4, 0.5) is 5.69 Å². The first-order valence-electron chi connectivity index (χ1n) is 2.94. The lowest BCUT2D eigenvalue weighted by Crippen LogP contribution is -2.07. The first kappa shape index (κ1) is 9.55. The molecule has 0 unspecified atom stereocenters. The summed E-state index contributed by atoms with van der Waals surface area (Å²) >= 11 is 0. The molecule has 0 aromatic heterocycles. The van der Waals surface area contributed by atoms with Crippen LogP contribution in [0, 0.1) is 6.07 Å². The maximum Gasteiger partial charge on any atom is 0.187 e. The van der Waals surface area contributed by atoms with Crippen molar-refractivity contribution in [1.82, 2.24) is 0 Å². The monoisotopic (exact) mass is 150 g/mol. The summed E-state index contributed by atoms with van der Waals surface area (Å²) in [7, 11) is 4.05. The van der Waals surface area contributed by atoms with E-state index in [-0.39, 0.29) is 17.4 Å². The van der Waals surface area contributed by atoms with Crippen LogP contribution in [0.3, 0.4) is 0 Å². The minimum absolute atomic E-state index is 0. The van der Waals surface area contributed by atoms with Gasteiger partial charge in [-0.15, -0.1) is 0 Å². The Balaban J connectivity index is 0.000000810. The van der Waals surface area contributed by atoms with E-state index in [0.29, 0.717) is 0 Å². The number of rotatable bonds is 1. The molecule has 0 aliphatic rings. The van der Waals surface area contributed by atoms with Crippen molar-refractivity contribution in [2.45, 2.75) is 0 Å². The fourth-order valence-electron chi connectivity index (χ4n) is 0.676. The molecule has 0 saturated heterocycles. The highest BCUT2D eigenvalue weighted by Crippen LogP contribution is 2.06. The number of nitrogens with zero attached hydrogens (tertiary/aromatic N) is 1. The van der Waals surface area contributed by atoms with Crippen LogP contribution in [0.5, 0.6) is 0 Å². The van der Waals surface area contributed by atoms with Crippen molar-refractivity contribution in [3.05, 3.63) is 30.3 Å². The molecule has 53 valence electrons. The van der Waals surface area contributed by atoms with E-state index in [2.05, 4.69) is 11.0 Å². The normalized spacial score (nSPS) is 8.20. The van der Waals surface area contributed by atoms with Crippen molar-refractivity contribution in [3.8, 4) is 0 Å². The van der Waals surface area contributed by atoms with Crippen molar-refractivity contribution in [2.24, 2.45) is 0 Å². The molecular weight excluding hydrogens is 137 g/mol. The second-order valence-electron chi connectivity index (χ2n) is 2.15. The molecule has 0 heterocycles. The Kier molecular flexibility index (Phi) is 4.18. The number of anilines is 1. The van der Waals surface area contributed by atoms with E-state index in [9.17, 15) is 0 Å². The molecule has 1 nitrogen and oxygen atoms in total. The molecule has 1 radical (unpaired) electrons. The highest BCUT2D eigenvalue weighted by Gasteiger charge is 1.87. The third-order valence-electron chi connectivity index (χ3n) is 1.22. The third kappa shape index (κ3) is 2.43. The van der Waals surface area contributed by atoms with Gasteiger partial charge in [-0.3, -0.25) is 0 Å². The van der Waals surface area contributed by atoms with Crippen LogP contribution in [0.1, 0.15) is 0 Å². The summed E-state index contributed by atoms with van der Waals surface area (Å²) in [4.78, 5) is 2.06. The summed E-state index contributed by atoms with van der Waals surface area (Å²) in [5, 5.41) is 0. The Morgan fingerprint density at radius 1 is 1.20 bits per heavy atom. The molecule has 0 fully saturated rings. The van der Waals surface area contributed by atoms with Gasteiger partial charge in [0, 0.05) is 19.8 Å². The molecule has 0 amide bonds. The summed E-state index contributed by atoms with van der Waals surface area (Å²) in [6.45, 7) is 0. The average Bonchev–Trinajstić information content (AvgIpc) is 1.90. The number of hydrogen-bond acceptors (Lipinski definition) is 1. The van der Waals surface area contributed by atoms with Gasteiger partial charge in [-0.25, -0.2) is 0 Å². The fourth-order valence-corrected chi connectivity index (χ4v) is 0.676. The minimum atomic E-state index is 0. The maximum absolute atomic E-state index is 2.96. The van der Waals surface area contributed by atoms with Crippen LogP contribution in [-0.2, 0) is 0 Å². The SMILES string of the molecule is CN(C)c1cc[c]cc1.[AlH3]. The molecule has 0 saturated carbocycles. The molecule has 1 aromatic carbocycles. The van der Waals surface area contributed by atoms with Crippen molar-refractivity contribution < 1.29 is 0 Å². The largest absolute Gasteiger partial charge is 0.378 e. The second-order valence-corrected chi connectivity index (χ2v) is 2.15. The highest BCUT2D eigenvalue weighted by molar-refractivity contribution is 5.75. The van der Waals surface area contributed by atoms with Gasteiger partial charge in [-0.2, -0.15) is 0 Å². The van der Waals surface area contributed by atoms with Crippen LogP contribution in [0.25, 0.3) is 0 Å². The first-order valence-corrected chi connectivity index (χ1v) is 2.94. The Bertz CT molecular complexity index is 172. The molecule has 0 bridgehead atoms. The summed E-state index contributed by atoms with van der Waals surface area (Å²) in [6, 6.07) is 10.8. The lowest BCUT2D eigenvalue weighted by atomic mass is 10.3. The minimum Gasteiger partial charge on any atom is -0.378 e. The average molecular weight is 150 g/mol. The molecule has 10 heavy (non-hydrogen) atoms. The zero-order valence-electron chi connectivity index (χ0n) is 5.76. The summed E-state index contributed by atoms with van der Waals surface area (Å²) in [5.41, 5.74) is 1.22. The zero-order chi connectivity index (χ0) is 6.69. The molecule has 0 N–H and O–H groups in total. The van der Waals surface area contributed by atoms with Gasteiger partial charge in [0.1, 0.15) is 0 Å². The van der Waals surface area contributed by atoms with E-state index < -0.39 is 0 Å². The first-order chi connectivity index (χ1) is 4.30. The maximum atomic E-state index is 2.96. The van der Waals surface area contributed by atoms with Crippen molar-refractivity contribution in [2.75, 3.05) is 19.0 Å². The van der Waals surface area contributed by atoms with Crippen LogP contribution in [0.2, 0.25) is 0 Å². The van der Waals surface area contributed by atoms with Crippen molar-refractivity contribution in [1.29, 1.82) is 0 Å². The van der Waals surface area contributed by atoms with E-state index in [1.165, 1.54) is 5.69 Å². The number of benzene rings is 1. The van der Waals surface area contributed by atoms with Crippen LogP contribution >= 0.6 is 0 Å². The predicted molar refractivity (Wildman–Crippen MR) is 49.5 cm³/mol. The van der Waals surface area contributed by atoms with Crippen LogP contribution < -0.4 is 4.90 Å². The summed E-state index contributed by atoms with van der Waals surface area (Å²) in [6.07, 6.45) is 0. The molecule has 0 atom stereocenters. The standard InChI is InChI=1S/C8H10N.Al.3H/c1-9(2)8-6-4-3-5-7-8;;;;/h4-7H,1-2H3;;;;. The van der Waals surface area contributed by atoms with Crippen LogP contribution in [0.15, 0.2) is 24.3 Å². The third-order valence-corrected chi connectivity index (χ3v) is 1.22. The topological polar surface area (TPSA) is 3.24 Å². The van der Waals surface area contributed by atoms with Gasteiger partial charge in [-0.05, 0) is 18.2 Å². The molecule has 2 heteroatoms. The van der Waals surface area contributed by atoms with Crippen molar-refractivity contribution in [3.63, 3.8) is 0 Å². The molecule has 1 aromatic rings. The van der Waals surface area contributed by atoms with E-state index in [4.69, 9.17) is 0 Å². The molecule has 0 aliphatic heterocycles. The van der Waals surface area contributed by atoms with Gasteiger partial charge >= 0.3 is 0 Å². The smallest absolute Gasteiger partial charge is 0.187 e. The van der Waals surface area contributed by atoms with Crippen molar-refractivity contribution >= 4 is 23.0 Å². The summed E-state index contributed by atoms with van der Waals surface area (Å²) in [5.74, 6) is 0. The molecule has 1 rings (SSSR count). The number of hydrogen-bond donors (Lipinski definition) is 0. The fraction of sp³-hybridized carbons (Fsp3) is 0.250. The van der Waals surface area contributed by atoms with Gasteiger partial charge in [0.15, 0.2) is 17.4 Å². The molecule has 0 spiro atoms. The Labute approximate surface area is 72.8 Å². The molecular formula is C8H13AlN. The predicted octanol–water partition coefficient (Wildman–Crippen LogP) is 0.369. The van der Waals surface area contributed by atoms with Gasteiger partial charge in [0.25, 0.3) is 0 Å². The van der Waals surface area contributed by atoms with E-state index >= 15 is 0 Å². The zero-order valence-corrected chi connectivity index (χ0v) is 5.76. The van der Waals surface area contributed by atoms with E-state index in [0.717, 1.165) is 0 Å². The lowest BCUT2D eigenvalue weighted by Gasteiger charge is -2.10. The molecule has 0 aliphatic carbocycles. The summed E-state index contributed by atoms with van der Waals surface area (Å²) < 4.78 is 0. The van der Waals surface area contributed by atoms with Gasteiger partial charge in [0.2, 0.25) is 0 Å². The Hall–Kier alpha value is -0.448. The van der Waals surface area contributed by atoms with Crippen LogP contribution in [-0.4, -0.2) is 31.5 Å². The van der Waals surface area contributed by atoms with Gasteiger partial charge < -0.3 is 4.90 Å². The quantitative estimate of drug-likeness (QED) is 0.523.